The highest BCUT2D eigenvalue weighted by molar-refractivity contribution is 5.78. The zero-order chi connectivity index (χ0) is 17.0. The Bertz CT molecular complexity index is 933. The highest BCUT2D eigenvalue weighted by Gasteiger charge is 2.27. The van der Waals surface area contributed by atoms with Crippen LogP contribution in [0.5, 0.6) is 11.5 Å². The van der Waals surface area contributed by atoms with Crippen LogP contribution < -0.4 is 9.47 Å². The second-order valence-corrected chi connectivity index (χ2v) is 7.41. The lowest BCUT2D eigenvalue weighted by molar-refractivity contribution is 0.174. The second-order valence-electron chi connectivity index (χ2n) is 7.41. The quantitative estimate of drug-likeness (QED) is 0.716. The monoisotopic (exact) mass is 330 g/mol. The van der Waals surface area contributed by atoms with Crippen molar-refractivity contribution in [1.82, 2.24) is 0 Å². The molecule has 1 aliphatic heterocycles. The van der Waals surface area contributed by atoms with Gasteiger partial charge in [0.1, 0.15) is 0 Å². The summed E-state index contributed by atoms with van der Waals surface area (Å²) < 4.78 is 11.1. The number of benzene rings is 2. The van der Waals surface area contributed by atoms with Crippen LogP contribution >= 0.6 is 0 Å². The van der Waals surface area contributed by atoms with E-state index in [1.54, 1.807) is 0 Å². The summed E-state index contributed by atoms with van der Waals surface area (Å²) in [7, 11) is 0. The van der Waals surface area contributed by atoms with Crippen LogP contribution in [0.1, 0.15) is 54.9 Å². The minimum atomic E-state index is 0.346. The molecule has 25 heavy (non-hydrogen) atoms. The van der Waals surface area contributed by atoms with Gasteiger partial charge in [-0.3, -0.25) is 0 Å². The Morgan fingerprint density at radius 2 is 1.84 bits per heavy atom. The van der Waals surface area contributed by atoms with Gasteiger partial charge in [0.25, 0.3) is 0 Å². The molecule has 3 aliphatic rings. The molecule has 0 amide bonds. The van der Waals surface area contributed by atoms with Crippen LogP contribution in [0.4, 0.5) is 0 Å². The van der Waals surface area contributed by atoms with Crippen molar-refractivity contribution in [2.24, 2.45) is 0 Å². The fourth-order valence-electron chi connectivity index (χ4n) is 4.60. The van der Waals surface area contributed by atoms with Gasteiger partial charge in [0.2, 0.25) is 6.79 Å². The fraction of sp³-hybridized carbons (Fsp3) is 0.304. The number of hydrogen-bond donors (Lipinski definition) is 0. The summed E-state index contributed by atoms with van der Waals surface area (Å²) in [5, 5.41) is 0. The Labute approximate surface area is 148 Å². The molecule has 0 aromatic heterocycles. The lowest BCUT2D eigenvalue weighted by atomic mass is 9.88. The first-order chi connectivity index (χ1) is 12.2. The largest absolute Gasteiger partial charge is 0.454 e. The van der Waals surface area contributed by atoms with Crippen LogP contribution in [-0.4, -0.2) is 6.79 Å². The number of allylic oxidation sites excluding steroid dienone is 3. The van der Waals surface area contributed by atoms with Crippen molar-refractivity contribution in [1.29, 1.82) is 0 Å². The highest BCUT2D eigenvalue weighted by atomic mass is 16.7. The lowest BCUT2D eigenvalue weighted by Gasteiger charge is -2.16. The standard InChI is InChI=1S/C23H22O2/c1-14-9-16-5-3-4-6-20(16)18(14)7-8-19-15(2)10-17-11-22-23(12-21(17)19)25-13-24-22/h3-6,9,11-12,18H,7-8,10,13H2,1-2H3. The Morgan fingerprint density at radius 1 is 1.04 bits per heavy atom. The van der Waals surface area contributed by atoms with Gasteiger partial charge in [0, 0.05) is 5.92 Å². The topological polar surface area (TPSA) is 18.5 Å². The van der Waals surface area contributed by atoms with Crippen LogP contribution in [0, 0.1) is 0 Å². The maximum absolute atomic E-state index is 5.59. The molecule has 2 aromatic rings. The predicted octanol–water partition coefficient (Wildman–Crippen LogP) is 5.73. The third-order valence-electron chi connectivity index (χ3n) is 5.88. The van der Waals surface area contributed by atoms with Crippen molar-refractivity contribution < 1.29 is 9.47 Å². The Kier molecular flexibility index (Phi) is 3.27. The summed E-state index contributed by atoms with van der Waals surface area (Å²) in [6.45, 7) is 4.89. The summed E-state index contributed by atoms with van der Waals surface area (Å²) in [6, 6.07) is 13.2. The molecule has 0 bridgehead atoms. The van der Waals surface area contributed by atoms with Crippen molar-refractivity contribution in [3.05, 3.63) is 69.8 Å². The molecule has 0 spiro atoms. The summed E-state index contributed by atoms with van der Waals surface area (Å²) in [5.41, 5.74) is 10.1. The van der Waals surface area contributed by atoms with E-state index in [1.165, 1.54) is 45.4 Å². The van der Waals surface area contributed by atoms with Gasteiger partial charge in [-0.25, -0.2) is 0 Å². The van der Waals surface area contributed by atoms with Gasteiger partial charge >= 0.3 is 0 Å². The maximum atomic E-state index is 5.59. The van der Waals surface area contributed by atoms with Crippen LogP contribution in [0.25, 0.3) is 11.6 Å². The maximum Gasteiger partial charge on any atom is 0.231 e. The van der Waals surface area contributed by atoms with E-state index in [0.29, 0.717) is 12.7 Å². The number of fused-ring (bicyclic) bond motifs is 3. The first kappa shape index (κ1) is 14.8. The van der Waals surface area contributed by atoms with Gasteiger partial charge < -0.3 is 9.47 Å². The SMILES string of the molecule is CC1=Cc2ccccc2C1CCC1=C(C)Cc2cc3c(cc21)OCO3. The predicted molar refractivity (Wildman–Crippen MR) is 101 cm³/mol. The van der Waals surface area contributed by atoms with E-state index in [1.807, 2.05) is 0 Å². The minimum absolute atomic E-state index is 0.346. The zero-order valence-corrected chi connectivity index (χ0v) is 14.8. The number of ether oxygens (including phenoxy) is 2. The van der Waals surface area contributed by atoms with E-state index >= 15 is 0 Å². The molecule has 0 fully saturated rings. The Morgan fingerprint density at radius 3 is 2.72 bits per heavy atom. The van der Waals surface area contributed by atoms with Crippen molar-refractivity contribution in [2.75, 3.05) is 6.79 Å². The van der Waals surface area contributed by atoms with Crippen molar-refractivity contribution in [2.45, 2.75) is 39.0 Å². The molecular formula is C23H22O2. The van der Waals surface area contributed by atoms with Gasteiger partial charge in [-0.2, -0.15) is 0 Å². The summed E-state index contributed by atoms with van der Waals surface area (Å²) in [4.78, 5) is 0. The molecule has 2 aromatic carbocycles. The van der Waals surface area contributed by atoms with E-state index in [-0.39, 0.29) is 0 Å². The Hall–Kier alpha value is -2.48. The first-order valence-electron chi connectivity index (χ1n) is 9.09. The molecule has 0 N–H and O–H groups in total. The molecule has 1 unspecified atom stereocenters. The average molecular weight is 330 g/mol. The van der Waals surface area contributed by atoms with E-state index < -0.39 is 0 Å². The normalized spacial score (nSPS) is 19.9. The molecule has 0 radical (unpaired) electrons. The van der Waals surface area contributed by atoms with Crippen molar-refractivity contribution >= 4 is 11.6 Å². The van der Waals surface area contributed by atoms with Gasteiger partial charge in [0.15, 0.2) is 11.5 Å². The smallest absolute Gasteiger partial charge is 0.231 e. The van der Waals surface area contributed by atoms with Gasteiger partial charge in [-0.15, -0.1) is 0 Å². The first-order valence-corrected chi connectivity index (χ1v) is 9.09. The van der Waals surface area contributed by atoms with E-state index in [9.17, 15) is 0 Å². The summed E-state index contributed by atoms with van der Waals surface area (Å²) >= 11 is 0. The minimum Gasteiger partial charge on any atom is -0.454 e. The molecule has 0 saturated carbocycles. The highest BCUT2D eigenvalue weighted by Crippen LogP contribution is 2.46. The van der Waals surface area contributed by atoms with Crippen LogP contribution in [-0.2, 0) is 6.42 Å². The summed E-state index contributed by atoms with van der Waals surface area (Å²) in [6.07, 6.45) is 5.67. The second kappa shape index (κ2) is 5.52. The number of rotatable bonds is 3. The molecule has 2 aliphatic carbocycles. The van der Waals surface area contributed by atoms with Crippen LogP contribution in [0.3, 0.4) is 0 Å². The fourth-order valence-corrected chi connectivity index (χ4v) is 4.60. The average Bonchev–Trinajstić information content (AvgIpc) is 3.26. The van der Waals surface area contributed by atoms with Crippen LogP contribution in [0.2, 0.25) is 0 Å². The number of hydrogen-bond acceptors (Lipinski definition) is 2. The lowest BCUT2D eigenvalue weighted by Crippen LogP contribution is -1.98. The molecule has 0 saturated heterocycles. The molecule has 5 rings (SSSR count). The van der Waals surface area contributed by atoms with E-state index in [0.717, 1.165) is 24.3 Å². The van der Waals surface area contributed by atoms with E-state index in [2.05, 4.69) is 56.3 Å². The molecule has 1 atom stereocenters. The summed E-state index contributed by atoms with van der Waals surface area (Å²) in [5.74, 6) is 2.35. The third-order valence-corrected chi connectivity index (χ3v) is 5.88. The van der Waals surface area contributed by atoms with Crippen LogP contribution in [0.15, 0.2) is 47.5 Å². The van der Waals surface area contributed by atoms with Gasteiger partial charge in [0.05, 0.1) is 0 Å². The Balaban J connectivity index is 1.41. The van der Waals surface area contributed by atoms with Gasteiger partial charge in [-0.05, 0) is 73.1 Å². The van der Waals surface area contributed by atoms with Crippen molar-refractivity contribution in [3.8, 4) is 11.5 Å². The molecular weight excluding hydrogens is 308 g/mol. The molecule has 2 heteroatoms. The van der Waals surface area contributed by atoms with Crippen molar-refractivity contribution in [3.63, 3.8) is 0 Å². The van der Waals surface area contributed by atoms with Gasteiger partial charge in [-0.1, -0.05) is 41.5 Å². The molecule has 2 nitrogen and oxygen atoms in total. The zero-order valence-electron chi connectivity index (χ0n) is 14.8. The molecule has 126 valence electrons. The molecule has 1 heterocycles. The van der Waals surface area contributed by atoms with E-state index in [4.69, 9.17) is 9.47 Å². The third kappa shape index (κ3) is 2.31.